The third-order valence-corrected chi connectivity index (χ3v) is 13.2. The van der Waals surface area contributed by atoms with Crippen molar-refractivity contribution < 1.29 is 19.5 Å². The highest BCUT2D eigenvalue weighted by Gasteiger charge is 2.70. The van der Waals surface area contributed by atoms with E-state index in [4.69, 9.17) is 0 Å². The highest BCUT2D eigenvalue weighted by Crippen LogP contribution is 2.75. The molecule has 0 bridgehead atoms. The fourth-order valence-electron chi connectivity index (χ4n) is 10.8. The van der Waals surface area contributed by atoms with Gasteiger partial charge in [-0.2, -0.15) is 5.26 Å². The maximum atomic E-state index is 14.5. The summed E-state index contributed by atoms with van der Waals surface area (Å²) in [4.78, 5) is 39.4. The molecule has 1 N–H and O–H groups in total. The Morgan fingerprint density at radius 1 is 1.05 bits per heavy atom. The first-order chi connectivity index (χ1) is 17.6. The summed E-state index contributed by atoms with van der Waals surface area (Å²) in [5.41, 5.74) is -0.426. The third kappa shape index (κ3) is 3.31. The van der Waals surface area contributed by atoms with Gasteiger partial charge >= 0.3 is 5.97 Å². The van der Waals surface area contributed by atoms with Crippen molar-refractivity contribution in [2.75, 3.05) is 0 Å². The number of hydrogen-bond acceptors (Lipinski definition) is 4. The lowest BCUT2D eigenvalue weighted by molar-refractivity contribution is -0.179. The second-order valence-electron chi connectivity index (χ2n) is 14.9. The molecule has 5 rings (SSSR count). The molecule has 3 fully saturated rings. The largest absolute Gasteiger partial charge is 0.481 e. The second kappa shape index (κ2) is 8.39. The summed E-state index contributed by atoms with van der Waals surface area (Å²) in [5, 5.41) is 19.5. The fourth-order valence-corrected chi connectivity index (χ4v) is 10.8. The molecule has 0 saturated heterocycles. The van der Waals surface area contributed by atoms with Crippen molar-refractivity contribution in [2.24, 2.45) is 56.7 Å². The van der Waals surface area contributed by atoms with Gasteiger partial charge in [-0.25, -0.2) is 0 Å². The van der Waals surface area contributed by atoms with Gasteiger partial charge in [0.15, 0.2) is 11.6 Å². The lowest BCUT2D eigenvalue weighted by atomic mass is 9.33. The van der Waals surface area contributed by atoms with E-state index < -0.39 is 16.8 Å². The number of carboxylic acid groups (broad SMARTS) is 1. The molecule has 3 saturated carbocycles. The van der Waals surface area contributed by atoms with Crippen LogP contribution in [0.1, 0.15) is 99.8 Å². The summed E-state index contributed by atoms with van der Waals surface area (Å²) in [6.45, 7) is 15.4. The number of carbonyl (C=O) groups is 3. The van der Waals surface area contributed by atoms with Crippen LogP contribution in [0, 0.1) is 68.0 Å². The molecule has 0 radical (unpaired) electrons. The minimum absolute atomic E-state index is 0.0405. The molecule has 0 amide bonds. The Balaban J connectivity index is 1.68. The number of hydrogen-bond donors (Lipinski definition) is 1. The summed E-state index contributed by atoms with van der Waals surface area (Å²) >= 11 is 0. The lowest BCUT2D eigenvalue weighted by Gasteiger charge is -2.69. The monoisotopic (exact) mass is 519 g/mol. The molecule has 38 heavy (non-hydrogen) atoms. The van der Waals surface area contributed by atoms with Gasteiger partial charge in [-0.15, -0.1) is 0 Å². The summed E-state index contributed by atoms with van der Waals surface area (Å²) < 4.78 is 0. The van der Waals surface area contributed by atoms with Crippen LogP contribution in [0.4, 0.5) is 0 Å². The number of carbonyl (C=O) groups excluding carboxylic acids is 2. The van der Waals surface area contributed by atoms with E-state index in [0.717, 1.165) is 44.1 Å². The van der Waals surface area contributed by atoms with Crippen LogP contribution < -0.4 is 0 Å². The number of allylic oxidation sites excluding steroid dienone is 4. The zero-order valence-electron chi connectivity index (χ0n) is 24.3. The lowest BCUT2D eigenvalue weighted by Crippen LogP contribution is -2.65. The number of nitrogens with zero attached hydrogens (tertiary/aromatic N) is 1. The van der Waals surface area contributed by atoms with E-state index in [0.29, 0.717) is 18.3 Å². The molecule has 0 spiro atoms. The van der Waals surface area contributed by atoms with Gasteiger partial charge in [0.2, 0.25) is 0 Å². The number of nitriles is 1. The maximum Gasteiger partial charge on any atom is 0.303 e. The first-order valence-electron chi connectivity index (χ1n) is 14.8. The van der Waals surface area contributed by atoms with Crippen LogP contribution in [0.2, 0.25) is 0 Å². The first-order valence-corrected chi connectivity index (χ1v) is 14.8. The van der Waals surface area contributed by atoms with E-state index in [2.05, 4.69) is 40.7 Å². The summed E-state index contributed by atoms with van der Waals surface area (Å²) in [6, 6.07) is 2.18. The Bertz CT molecular complexity index is 1200. The highest BCUT2D eigenvalue weighted by molar-refractivity contribution is 6.04. The van der Waals surface area contributed by atoms with Crippen molar-refractivity contribution in [3.05, 3.63) is 23.3 Å². The Morgan fingerprint density at radius 2 is 1.74 bits per heavy atom. The van der Waals surface area contributed by atoms with E-state index in [-0.39, 0.29) is 57.6 Å². The van der Waals surface area contributed by atoms with Crippen LogP contribution in [-0.2, 0) is 14.4 Å². The molecule has 5 aliphatic carbocycles. The third-order valence-electron chi connectivity index (χ3n) is 13.2. The Hall–Kier alpha value is -2.22. The van der Waals surface area contributed by atoms with Gasteiger partial charge in [-0.1, -0.05) is 60.1 Å². The number of rotatable bonds is 3. The Labute approximate surface area is 228 Å². The molecule has 0 heterocycles. The number of carboxylic acids is 1. The van der Waals surface area contributed by atoms with Crippen LogP contribution in [0.3, 0.4) is 0 Å². The van der Waals surface area contributed by atoms with E-state index in [1.165, 1.54) is 0 Å². The van der Waals surface area contributed by atoms with Gasteiger partial charge in [0.25, 0.3) is 0 Å². The van der Waals surface area contributed by atoms with Crippen LogP contribution in [0.25, 0.3) is 0 Å². The Kier molecular flexibility index (Phi) is 6.04. The molecule has 0 aromatic heterocycles. The maximum absolute atomic E-state index is 14.5. The van der Waals surface area contributed by atoms with Crippen molar-refractivity contribution in [2.45, 2.75) is 99.8 Å². The Morgan fingerprint density at radius 3 is 2.37 bits per heavy atom. The summed E-state index contributed by atoms with van der Waals surface area (Å²) in [7, 11) is 0. The van der Waals surface area contributed by atoms with Gasteiger partial charge in [0.1, 0.15) is 6.07 Å². The smallest absolute Gasteiger partial charge is 0.303 e. The number of aliphatic carboxylic acids is 1. The molecule has 0 aliphatic heterocycles. The van der Waals surface area contributed by atoms with Crippen LogP contribution in [-0.4, -0.2) is 22.6 Å². The average Bonchev–Trinajstić information content (AvgIpc) is 2.84. The standard InChI is InChI=1S/C33H45NO4/c1-19-8-12-33(13-10-25(36)37)15-14-32(7)27(26(33)20(19)2)22(35)16-24-30(5)17-21(18-34)28(38)29(3,4)23(30)9-11-31(24,32)6/h16-17,19-20,23,26-27H,8-15H2,1-7H3,(H,36,37)/t19-,20+,23+,26+,27-,30+,31-,32-,33+/m1/s1. The average molecular weight is 520 g/mol. The van der Waals surface area contributed by atoms with Crippen molar-refractivity contribution in [3.63, 3.8) is 0 Å². The van der Waals surface area contributed by atoms with E-state index in [1.807, 2.05) is 26.0 Å². The van der Waals surface area contributed by atoms with Crippen LogP contribution >= 0.6 is 0 Å². The fraction of sp³-hybridized carbons (Fsp3) is 0.758. The molecule has 5 heteroatoms. The second-order valence-corrected chi connectivity index (χ2v) is 14.9. The minimum atomic E-state index is -0.748. The number of Topliss-reactive ketones (excluding diaryl/α,β-unsaturated/α-hetero) is 1. The SMILES string of the molecule is C[C@@H]1[C@H]2[C@H]3C(=O)C=C4[C@@]5(C)C=C(C#N)C(=O)C(C)(C)[C@@H]5CC[C@@]4(C)[C@]3(C)CC[C@@]2(CCC(=O)O)CC[C@H]1C. The van der Waals surface area contributed by atoms with Crippen LogP contribution in [0.5, 0.6) is 0 Å². The zero-order valence-corrected chi connectivity index (χ0v) is 24.3. The predicted molar refractivity (Wildman–Crippen MR) is 146 cm³/mol. The molecule has 0 aromatic carbocycles. The van der Waals surface area contributed by atoms with Crippen molar-refractivity contribution in [1.29, 1.82) is 5.26 Å². The topological polar surface area (TPSA) is 95.2 Å². The highest BCUT2D eigenvalue weighted by atomic mass is 16.4. The normalized spacial score (nSPS) is 47.4. The van der Waals surface area contributed by atoms with E-state index in [1.54, 1.807) is 0 Å². The number of ketones is 2. The minimum Gasteiger partial charge on any atom is -0.481 e. The van der Waals surface area contributed by atoms with Gasteiger partial charge in [0.05, 0.1) is 5.57 Å². The van der Waals surface area contributed by atoms with Crippen molar-refractivity contribution in [1.82, 2.24) is 0 Å². The quantitative estimate of drug-likeness (QED) is 0.436. The first kappa shape index (κ1) is 27.4. The van der Waals surface area contributed by atoms with Gasteiger partial charge in [-0.05, 0) is 90.9 Å². The van der Waals surface area contributed by atoms with Crippen molar-refractivity contribution in [3.8, 4) is 6.07 Å². The molecule has 0 aromatic rings. The predicted octanol–water partition coefficient (Wildman–Crippen LogP) is 6.93. The van der Waals surface area contributed by atoms with E-state index >= 15 is 0 Å². The molecule has 5 nitrogen and oxygen atoms in total. The number of fused-ring (bicyclic) bond motifs is 7. The molecular weight excluding hydrogens is 474 g/mol. The van der Waals surface area contributed by atoms with Gasteiger partial charge in [0, 0.05) is 23.2 Å². The van der Waals surface area contributed by atoms with Gasteiger partial charge < -0.3 is 5.11 Å². The molecular formula is C33H45NO4. The van der Waals surface area contributed by atoms with Crippen LogP contribution in [0.15, 0.2) is 23.3 Å². The zero-order chi connectivity index (χ0) is 28.1. The summed E-state index contributed by atoms with van der Waals surface area (Å²) in [6.07, 6.45) is 10.4. The van der Waals surface area contributed by atoms with Crippen molar-refractivity contribution >= 4 is 17.5 Å². The molecule has 0 unspecified atom stereocenters. The van der Waals surface area contributed by atoms with Gasteiger partial charge in [-0.3, -0.25) is 14.4 Å². The van der Waals surface area contributed by atoms with E-state index in [9.17, 15) is 24.8 Å². The molecule has 9 atom stereocenters. The molecule has 5 aliphatic rings. The summed E-state index contributed by atoms with van der Waals surface area (Å²) in [5.74, 6) is 0.304. The molecule has 206 valence electrons.